The number of anilines is 1. The lowest BCUT2D eigenvalue weighted by Gasteiger charge is -2.34. The summed E-state index contributed by atoms with van der Waals surface area (Å²) < 4.78 is 16.3. The van der Waals surface area contributed by atoms with Crippen LogP contribution in [0.2, 0.25) is 0 Å². The molecule has 2 saturated heterocycles. The van der Waals surface area contributed by atoms with Gasteiger partial charge in [-0.25, -0.2) is 9.97 Å². The number of hydrogen-bond donors (Lipinski definition) is 0. The maximum absolute atomic E-state index is 13.2. The molecule has 0 bridgehead atoms. The molecule has 2 aliphatic rings. The number of benzene rings is 1. The molecule has 2 atom stereocenters. The topological polar surface area (TPSA) is 94.1 Å². The Bertz CT molecular complexity index is 936. The molecule has 2 aliphatic heterocycles. The van der Waals surface area contributed by atoms with Gasteiger partial charge in [-0.3, -0.25) is 9.59 Å². The predicted octanol–water partition coefficient (Wildman–Crippen LogP) is 1.92. The van der Waals surface area contributed by atoms with Crippen LogP contribution in [0.25, 0.3) is 0 Å². The SMILES string of the molecule is COc1ccc(N2CC(C(=O)N3CCCC(Oc4nccnc4OC)C3)CC2=O)cc1. The van der Waals surface area contributed by atoms with Crippen LogP contribution in [0.5, 0.6) is 17.5 Å². The molecular formula is C22H26N4O5. The molecule has 2 fully saturated rings. The van der Waals surface area contributed by atoms with E-state index < -0.39 is 0 Å². The number of rotatable bonds is 6. The lowest BCUT2D eigenvalue weighted by atomic mass is 10.0. The number of carbonyl (C=O) groups excluding carboxylic acids is 2. The van der Waals surface area contributed by atoms with Gasteiger partial charge in [0.05, 0.1) is 26.7 Å². The first-order valence-electron chi connectivity index (χ1n) is 10.3. The van der Waals surface area contributed by atoms with E-state index >= 15 is 0 Å². The van der Waals surface area contributed by atoms with E-state index in [1.54, 1.807) is 23.1 Å². The van der Waals surface area contributed by atoms with Crippen LogP contribution in [-0.4, -0.2) is 66.6 Å². The Morgan fingerprint density at radius 1 is 1.03 bits per heavy atom. The molecule has 31 heavy (non-hydrogen) atoms. The largest absolute Gasteiger partial charge is 0.497 e. The molecule has 0 aliphatic carbocycles. The van der Waals surface area contributed by atoms with Crippen molar-refractivity contribution < 1.29 is 23.8 Å². The highest BCUT2D eigenvalue weighted by atomic mass is 16.5. The Morgan fingerprint density at radius 3 is 2.48 bits per heavy atom. The zero-order valence-electron chi connectivity index (χ0n) is 17.7. The van der Waals surface area contributed by atoms with Crippen molar-refractivity contribution >= 4 is 17.5 Å². The lowest BCUT2D eigenvalue weighted by molar-refractivity contribution is -0.138. The van der Waals surface area contributed by atoms with Crippen LogP contribution in [0, 0.1) is 5.92 Å². The van der Waals surface area contributed by atoms with Crippen molar-refractivity contribution in [1.29, 1.82) is 0 Å². The van der Waals surface area contributed by atoms with Gasteiger partial charge in [0.25, 0.3) is 11.8 Å². The number of amides is 2. The number of carbonyl (C=O) groups is 2. The van der Waals surface area contributed by atoms with Crippen molar-refractivity contribution in [3.63, 3.8) is 0 Å². The van der Waals surface area contributed by atoms with Gasteiger partial charge in [-0.2, -0.15) is 0 Å². The van der Waals surface area contributed by atoms with Crippen LogP contribution in [0.3, 0.4) is 0 Å². The van der Waals surface area contributed by atoms with Gasteiger partial charge >= 0.3 is 0 Å². The fourth-order valence-electron chi connectivity index (χ4n) is 4.07. The Balaban J connectivity index is 1.39. The second-order valence-corrected chi connectivity index (χ2v) is 7.64. The van der Waals surface area contributed by atoms with E-state index in [9.17, 15) is 9.59 Å². The molecule has 2 amide bonds. The summed E-state index contributed by atoms with van der Waals surface area (Å²) in [7, 11) is 3.11. The van der Waals surface area contributed by atoms with E-state index in [0.29, 0.717) is 31.4 Å². The van der Waals surface area contributed by atoms with Crippen LogP contribution in [0.15, 0.2) is 36.7 Å². The summed E-state index contributed by atoms with van der Waals surface area (Å²) >= 11 is 0. The maximum Gasteiger partial charge on any atom is 0.278 e. The summed E-state index contributed by atoms with van der Waals surface area (Å²) in [6.07, 6.45) is 4.73. The smallest absolute Gasteiger partial charge is 0.278 e. The van der Waals surface area contributed by atoms with Gasteiger partial charge in [-0.1, -0.05) is 0 Å². The van der Waals surface area contributed by atoms with Gasteiger partial charge in [-0.15, -0.1) is 0 Å². The Labute approximate surface area is 180 Å². The third-order valence-electron chi connectivity index (χ3n) is 5.65. The van der Waals surface area contributed by atoms with Crippen LogP contribution >= 0.6 is 0 Å². The van der Waals surface area contributed by atoms with E-state index in [1.807, 2.05) is 24.3 Å². The Kier molecular flexibility index (Phi) is 6.20. The lowest BCUT2D eigenvalue weighted by Crippen LogP contribution is -2.47. The van der Waals surface area contributed by atoms with E-state index in [2.05, 4.69) is 9.97 Å². The number of nitrogens with zero attached hydrogens (tertiary/aromatic N) is 4. The number of likely N-dealkylation sites (tertiary alicyclic amines) is 1. The molecular weight excluding hydrogens is 400 g/mol. The monoisotopic (exact) mass is 426 g/mol. The summed E-state index contributed by atoms with van der Waals surface area (Å²) in [5, 5.41) is 0. The first kappa shape index (κ1) is 20.9. The van der Waals surface area contributed by atoms with Gasteiger partial charge in [0.1, 0.15) is 11.9 Å². The third-order valence-corrected chi connectivity index (χ3v) is 5.65. The minimum Gasteiger partial charge on any atom is -0.497 e. The van der Waals surface area contributed by atoms with Crippen molar-refractivity contribution in [3.05, 3.63) is 36.7 Å². The summed E-state index contributed by atoms with van der Waals surface area (Å²) in [6, 6.07) is 7.29. The molecule has 9 heteroatoms. The molecule has 164 valence electrons. The Morgan fingerprint density at radius 2 is 1.77 bits per heavy atom. The quantitative estimate of drug-likeness (QED) is 0.696. The molecule has 0 spiro atoms. The van der Waals surface area contributed by atoms with Crippen LogP contribution in [0.4, 0.5) is 5.69 Å². The van der Waals surface area contributed by atoms with E-state index in [4.69, 9.17) is 14.2 Å². The fraction of sp³-hybridized carbons (Fsp3) is 0.455. The van der Waals surface area contributed by atoms with E-state index in [-0.39, 0.29) is 30.3 Å². The average Bonchev–Trinajstić information content (AvgIpc) is 3.20. The molecule has 9 nitrogen and oxygen atoms in total. The molecule has 0 radical (unpaired) electrons. The fourth-order valence-corrected chi connectivity index (χ4v) is 4.07. The van der Waals surface area contributed by atoms with E-state index in [1.165, 1.54) is 13.3 Å². The highest BCUT2D eigenvalue weighted by Gasteiger charge is 2.38. The summed E-state index contributed by atoms with van der Waals surface area (Å²) in [4.78, 5) is 37.5. The number of aromatic nitrogens is 2. The molecule has 3 heterocycles. The second kappa shape index (κ2) is 9.20. The van der Waals surface area contributed by atoms with Gasteiger partial charge < -0.3 is 24.0 Å². The highest BCUT2D eigenvalue weighted by molar-refractivity contribution is 6.00. The minimum absolute atomic E-state index is 0.0104. The molecule has 1 aromatic heterocycles. The second-order valence-electron chi connectivity index (χ2n) is 7.64. The average molecular weight is 426 g/mol. The van der Waals surface area contributed by atoms with Gasteiger partial charge in [0, 0.05) is 37.6 Å². The normalized spacial score (nSPS) is 21.2. The maximum atomic E-state index is 13.2. The summed E-state index contributed by atoms with van der Waals surface area (Å²) in [6.45, 7) is 1.49. The third kappa shape index (κ3) is 4.55. The van der Waals surface area contributed by atoms with E-state index in [0.717, 1.165) is 24.3 Å². The standard InChI is InChI=1S/C22H26N4O5/c1-29-17-7-5-16(6-8-17)26-13-15(12-19(26)27)22(28)25-11-3-4-18(14-25)31-21-20(30-2)23-9-10-24-21/h5-10,15,18H,3-4,11-14H2,1-2H3. The number of methoxy groups -OCH3 is 2. The molecule has 0 saturated carbocycles. The van der Waals surface area contributed by atoms with Crippen LogP contribution < -0.4 is 19.1 Å². The number of hydrogen-bond acceptors (Lipinski definition) is 7. The molecule has 4 rings (SSSR count). The van der Waals surface area contributed by atoms with Crippen LogP contribution in [-0.2, 0) is 9.59 Å². The van der Waals surface area contributed by atoms with Gasteiger partial charge in [-0.05, 0) is 37.1 Å². The zero-order valence-corrected chi connectivity index (χ0v) is 17.7. The Hall–Kier alpha value is -3.36. The summed E-state index contributed by atoms with van der Waals surface area (Å²) in [5.74, 6) is 0.955. The van der Waals surface area contributed by atoms with Crippen molar-refractivity contribution in [3.8, 4) is 17.5 Å². The summed E-state index contributed by atoms with van der Waals surface area (Å²) in [5.41, 5.74) is 0.774. The van der Waals surface area contributed by atoms with Crippen LogP contribution in [0.1, 0.15) is 19.3 Å². The first-order valence-corrected chi connectivity index (χ1v) is 10.3. The highest BCUT2D eigenvalue weighted by Crippen LogP contribution is 2.29. The molecule has 0 N–H and O–H groups in total. The van der Waals surface area contributed by atoms with Crippen molar-refractivity contribution in [2.45, 2.75) is 25.4 Å². The molecule has 2 unspecified atom stereocenters. The van der Waals surface area contributed by atoms with Crippen molar-refractivity contribution in [2.24, 2.45) is 5.92 Å². The first-order chi connectivity index (χ1) is 15.1. The van der Waals surface area contributed by atoms with Gasteiger partial charge in [0.15, 0.2) is 0 Å². The zero-order chi connectivity index (χ0) is 21.8. The number of ether oxygens (including phenoxy) is 3. The van der Waals surface area contributed by atoms with Gasteiger partial charge in [0.2, 0.25) is 11.8 Å². The molecule has 1 aromatic carbocycles. The predicted molar refractivity (Wildman–Crippen MR) is 112 cm³/mol. The molecule has 2 aromatic rings. The van der Waals surface area contributed by atoms with Crippen molar-refractivity contribution in [2.75, 3.05) is 38.8 Å². The minimum atomic E-state index is -0.362. The van der Waals surface area contributed by atoms with Crippen molar-refractivity contribution in [1.82, 2.24) is 14.9 Å². The number of piperidine rings is 1.